The van der Waals surface area contributed by atoms with Crippen LogP contribution in [-0.2, 0) is 0 Å². The number of nitriles is 1. The molecular formula is C16H18N4O3. The number of furan rings is 1. The van der Waals surface area contributed by atoms with E-state index >= 15 is 0 Å². The third kappa shape index (κ3) is 3.26. The van der Waals surface area contributed by atoms with Gasteiger partial charge in [-0.1, -0.05) is 0 Å². The van der Waals surface area contributed by atoms with E-state index in [4.69, 9.17) is 9.68 Å². The van der Waals surface area contributed by atoms with Gasteiger partial charge in [-0.05, 0) is 38.0 Å². The molecule has 1 aliphatic rings. The fraction of sp³-hybridized carbons (Fsp3) is 0.500. The molecule has 7 nitrogen and oxygen atoms in total. The number of anilines is 1. The minimum absolute atomic E-state index is 0.0564. The van der Waals surface area contributed by atoms with Gasteiger partial charge in [0.1, 0.15) is 11.7 Å². The lowest BCUT2D eigenvalue weighted by Crippen LogP contribution is -2.26. The van der Waals surface area contributed by atoms with E-state index in [0.29, 0.717) is 29.1 Å². The summed E-state index contributed by atoms with van der Waals surface area (Å²) in [7, 11) is 0. The first-order valence-corrected chi connectivity index (χ1v) is 7.83. The van der Waals surface area contributed by atoms with E-state index in [1.165, 1.54) is 12.5 Å². The third-order valence-corrected chi connectivity index (χ3v) is 4.51. The van der Waals surface area contributed by atoms with Crippen LogP contribution < -0.4 is 5.32 Å². The molecule has 0 amide bonds. The van der Waals surface area contributed by atoms with Gasteiger partial charge in [-0.2, -0.15) is 5.26 Å². The summed E-state index contributed by atoms with van der Waals surface area (Å²) in [5, 5.41) is 23.2. The molecule has 0 atom stereocenters. The molecule has 1 saturated carbocycles. The summed E-state index contributed by atoms with van der Waals surface area (Å²) < 4.78 is 5.39. The van der Waals surface area contributed by atoms with E-state index in [-0.39, 0.29) is 11.7 Å². The molecule has 1 N–H and O–H groups in total. The van der Waals surface area contributed by atoms with Crippen molar-refractivity contribution in [2.24, 2.45) is 5.92 Å². The van der Waals surface area contributed by atoms with E-state index in [2.05, 4.69) is 16.4 Å². The highest BCUT2D eigenvalue weighted by Crippen LogP contribution is 2.35. The molecule has 1 fully saturated rings. The van der Waals surface area contributed by atoms with Gasteiger partial charge in [0.2, 0.25) is 0 Å². The van der Waals surface area contributed by atoms with E-state index in [9.17, 15) is 10.1 Å². The fourth-order valence-corrected chi connectivity index (χ4v) is 3.25. The van der Waals surface area contributed by atoms with Crippen molar-refractivity contribution in [2.45, 2.75) is 44.6 Å². The van der Waals surface area contributed by atoms with E-state index in [0.717, 1.165) is 32.1 Å². The molecule has 1 aliphatic carbocycles. The number of hydrogen-bond acceptors (Lipinski definition) is 6. The number of hydrogen-bond donors (Lipinski definition) is 1. The molecule has 2 aromatic rings. The Kier molecular flexibility index (Phi) is 4.42. The number of nitrogens with one attached hydrogen (secondary N) is 1. The van der Waals surface area contributed by atoms with Gasteiger partial charge in [0.05, 0.1) is 17.3 Å². The Balaban J connectivity index is 1.74. The molecule has 23 heavy (non-hydrogen) atoms. The standard InChI is InChI=1S/C16H18N4O3/c17-8-1-2-11-3-5-12(6-4-11)19-15-14(20(21)22)10-18-13-7-9-23-16(13)15/h7,9-12H,1-6H2,(H,18,19). The van der Waals surface area contributed by atoms with E-state index < -0.39 is 4.92 Å². The summed E-state index contributed by atoms with van der Waals surface area (Å²) in [5.74, 6) is 0.587. The van der Waals surface area contributed by atoms with Gasteiger partial charge >= 0.3 is 5.69 Å². The van der Waals surface area contributed by atoms with Crippen LogP contribution in [0.1, 0.15) is 38.5 Å². The van der Waals surface area contributed by atoms with Gasteiger partial charge in [-0.25, -0.2) is 4.98 Å². The smallest absolute Gasteiger partial charge is 0.314 e. The van der Waals surface area contributed by atoms with Crippen molar-refractivity contribution < 1.29 is 9.34 Å². The molecule has 0 spiro atoms. The van der Waals surface area contributed by atoms with Crippen molar-refractivity contribution in [1.29, 1.82) is 5.26 Å². The van der Waals surface area contributed by atoms with Gasteiger partial charge in [0.15, 0.2) is 11.3 Å². The minimum Gasteiger partial charge on any atom is -0.460 e. The van der Waals surface area contributed by atoms with Crippen LogP contribution in [0.3, 0.4) is 0 Å². The summed E-state index contributed by atoms with van der Waals surface area (Å²) in [6.07, 6.45) is 8.28. The second-order valence-corrected chi connectivity index (χ2v) is 5.97. The summed E-state index contributed by atoms with van der Waals surface area (Å²) in [5.41, 5.74) is 1.41. The van der Waals surface area contributed by atoms with Gasteiger partial charge in [-0.3, -0.25) is 10.1 Å². The zero-order valence-electron chi connectivity index (χ0n) is 12.7. The quantitative estimate of drug-likeness (QED) is 0.660. The second kappa shape index (κ2) is 6.65. The average Bonchev–Trinajstić information content (AvgIpc) is 3.03. The van der Waals surface area contributed by atoms with E-state index in [1.807, 2.05) is 0 Å². The van der Waals surface area contributed by atoms with Gasteiger partial charge in [-0.15, -0.1) is 0 Å². The summed E-state index contributed by atoms with van der Waals surface area (Å²) in [6.45, 7) is 0. The first-order valence-electron chi connectivity index (χ1n) is 7.83. The van der Waals surface area contributed by atoms with Gasteiger partial charge in [0, 0.05) is 18.5 Å². The second-order valence-electron chi connectivity index (χ2n) is 5.97. The topological polar surface area (TPSA) is 105 Å². The molecule has 0 aliphatic heterocycles. The van der Waals surface area contributed by atoms with Gasteiger partial charge < -0.3 is 9.73 Å². The highest BCUT2D eigenvalue weighted by molar-refractivity contribution is 5.91. The zero-order chi connectivity index (χ0) is 16.2. The Bertz CT molecular complexity index is 741. The van der Waals surface area contributed by atoms with E-state index in [1.54, 1.807) is 6.07 Å². The molecule has 2 heterocycles. The number of pyridine rings is 1. The number of rotatable bonds is 5. The van der Waals surface area contributed by atoms with Crippen LogP contribution in [0.2, 0.25) is 0 Å². The predicted octanol–water partition coefficient (Wildman–Crippen LogP) is 4.01. The lowest BCUT2D eigenvalue weighted by Gasteiger charge is -2.29. The van der Waals surface area contributed by atoms with Crippen LogP contribution in [0.15, 0.2) is 22.9 Å². The Labute approximate surface area is 133 Å². The lowest BCUT2D eigenvalue weighted by molar-refractivity contribution is -0.384. The summed E-state index contributed by atoms with van der Waals surface area (Å²) in [4.78, 5) is 14.9. The molecular weight excluding hydrogens is 296 g/mol. The normalized spacial score (nSPS) is 21.0. The van der Waals surface area contributed by atoms with Crippen LogP contribution >= 0.6 is 0 Å². The van der Waals surface area contributed by atoms with Crippen molar-refractivity contribution in [2.75, 3.05) is 5.32 Å². The highest BCUT2D eigenvalue weighted by atomic mass is 16.6. The minimum atomic E-state index is -0.435. The lowest BCUT2D eigenvalue weighted by atomic mass is 9.83. The van der Waals surface area contributed by atoms with Crippen LogP contribution in [-0.4, -0.2) is 15.9 Å². The molecule has 0 saturated heterocycles. The highest BCUT2D eigenvalue weighted by Gasteiger charge is 2.26. The Hall–Kier alpha value is -2.62. The Morgan fingerprint density at radius 1 is 1.43 bits per heavy atom. The molecule has 3 rings (SSSR count). The summed E-state index contributed by atoms with van der Waals surface area (Å²) >= 11 is 0. The van der Waals surface area contributed by atoms with Crippen LogP contribution in [0, 0.1) is 27.4 Å². The number of aromatic nitrogens is 1. The van der Waals surface area contributed by atoms with Crippen molar-refractivity contribution in [3.8, 4) is 6.07 Å². The molecule has 2 aromatic heterocycles. The van der Waals surface area contributed by atoms with Crippen molar-refractivity contribution in [1.82, 2.24) is 4.98 Å². The summed E-state index contributed by atoms with van der Waals surface area (Å²) in [6, 6.07) is 4.07. The van der Waals surface area contributed by atoms with Crippen molar-refractivity contribution in [3.63, 3.8) is 0 Å². The SMILES string of the molecule is N#CCCC1CCC(Nc2c([N+](=O)[O-])cnc3ccoc23)CC1. The Morgan fingerprint density at radius 2 is 2.22 bits per heavy atom. The largest absolute Gasteiger partial charge is 0.460 e. The number of fused-ring (bicyclic) bond motifs is 1. The van der Waals surface area contributed by atoms with Crippen LogP contribution in [0.5, 0.6) is 0 Å². The van der Waals surface area contributed by atoms with Crippen molar-refractivity contribution in [3.05, 3.63) is 28.6 Å². The zero-order valence-corrected chi connectivity index (χ0v) is 12.7. The monoisotopic (exact) mass is 314 g/mol. The molecule has 120 valence electrons. The maximum Gasteiger partial charge on any atom is 0.314 e. The average molecular weight is 314 g/mol. The van der Waals surface area contributed by atoms with Crippen LogP contribution in [0.4, 0.5) is 11.4 Å². The predicted molar refractivity (Wildman–Crippen MR) is 84.9 cm³/mol. The Morgan fingerprint density at radius 3 is 2.91 bits per heavy atom. The maximum absolute atomic E-state index is 11.3. The van der Waals surface area contributed by atoms with Crippen LogP contribution in [0.25, 0.3) is 11.1 Å². The first kappa shape index (κ1) is 15.3. The maximum atomic E-state index is 11.3. The first-order chi connectivity index (χ1) is 11.2. The molecule has 0 radical (unpaired) electrons. The molecule has 7 heteroatoms. The molecule has 0 bridgehead atoms. The van der Waals surface area contributed by atoms with Gasteiger partial charge in [0.25, 0.3) is 0 Å². The number of nitrogens with zero attached hydrogens (tertiary/aromatic N) is 3. The third-order valence-electron chi connectivity index (χ3n) is 4.51. The molecule has 0 unspecified atom stereocenters. The molecule has 0 aromatic carbocycles. The van der Waals surface area contributed by atoms with Crippen molar-refractivity contribution >= 4 is 22.5 Å². The fourth-order valence-electron chi connectivity index (χ4n) is 3.25. The number of nitro groups is 1.